The van der Waals surface area contributed by atoms with Gasteiger partial charge in [0.2, 0.25) is 6.79 Å². The highest BCUT2D eigenvalue weighted by Crippen LogP contribution is 2.42. The minimum Gasteiger partial charge on any atom is -0.432 e. The Balaban J connectivity index is 1.20. The lowest BCUT2D eigenvalue weighted by Crippen LogP contribution is -2.35. The molecule has 0 radical (unpaired) electrons. The molecule has 2 saturated heterocycles. The number of aliphatic imine (C=N–C) groups is 1. The van der Waals surface area contributed by atoms with E-state index >= 15 is 0 Å². The van der Waals surface area contributed by atoms with E-state index in [1.165, 1.54) is 7.11 Å². The molecular weight excluding hydrogens is 537 g/mol. The number of nitrogens with one attached hydrogen (secondary N) is 2. The second-order valence-electron chi connectivity index (χ2n) is 8.47. The molecule has 5 atom stereocenters. The number of methoxy groups -OCH3 is 1. The number of carbonyl (C=O) groups excluding carboxylic acids is 1. The van der Waals surface area contributed by atoms with Crippen LogP contribution in [0.4, 0.5) is 10.6 Å². The van der Waals surface area contributed by atoms with E-state index in [0.29, 0.717) is 37.6 Å². The monoisotopic (exact) mass is 567 g/mol. The summed E-state index contributed by atoms with van der Waals surface area (Å²) in [5, 5.41) is 6.72. The van der Waals surface area contributed by atoms with Gasteiger partial charge in [0.05, 0.1) is 32.3 Å². The van der Waals surface area contributed by atoms with Crippen LogP contribution in [0.3, 0.4) is 0 Å². The van der Waals surface area contributed by atoms with Gasteiger partial charge in [-0.1, -0.05) is 0 Å². The number of amidine groups is 1. The Morgan fingerprint density at radius 1 is 1.35 bits per heavy atom. The first kappa shape index (κ1) is 28.2. The molecule has 15 nitrogen and oxygen atoms in total. The van der Waals surface area contributed by atoms with Crippen molar-refractivity contribution < 1.29 is 47.2 Å². The molecule has 0 saturated carbocycles. The number of hydrogen-bond donors (Lipinski definition) is 3. The highest BCUT2D eigenvalue weighted by atomic mass is 35.5. The quantitative estimate of drug-likeness (QED) is 0.104. The number of nitrogens with zero attached hydrogens (tertiary/aromatic N) is 3. The summed E-state index contributed by atoms with van der Waals surface area (Å²) in [4.78, 5) is 30.1. The molecule has 37 heavy (non-hydrogen) atoms. The zero-order valence-electron chi connectivity index (χ0n) is 20.2. The van der Waals surface area contributed by atoms with Crippen molar-refractivity contribution >= 4 is 36.5 Å². The average Bonchev–Trinajstić information content (AvgIpc) is 3.60. The molecule has 0 spiro atoms. The van der Waals surface area contributed by atoms with Gasteiger partial charge in [0, 0.05) is 19.8 Å². The molecule has 17 heteroatoms. The van der Waals surface area contributed by atoms with Crippen molar-refractivity contribution in [3.05, 3.63) is 12.0 Å². The third-order valence-electron chi connectivity index (χ3n) is 5.76. The van der Waals surface area contributed by atoms with Crippen molar-refractivity contribution in [2.24, 2.45) is 4.99 Å². The van der Waals surface area contributed by atoms with Crippen molar-refractivity contribution in [1.29, 1.82) is 0 Å². The minimum atomic E-state index is -4.15. The Morgan fingerprint density at radius 3 is 3.00 bits per heavy atom. The molecule has 4 rings (SSSR count). The van der Waals surface area contributed by atoms with Crippen LogP contribution in [0.2, 0.25) is 0 Å². The lowest BCUT2D eigenvalue weighted by molar-refractivity contribution is -0.0379. The van der Waals surface area contributed by atoms with Gasteiger partial charge < -0.3 is 38.6 Å². The topological polar surface area (TPSA) is 173 Å². The minimum absolute atomic E-state index is 0.0104. The van der Waals surface area contributed by atoms with Gasteiger partial charge in [-0.15, -0.1) is 0 Å². The summed E-state index contributed by atoms with van der Waals surface area (Å²) in [7, 11) is -2.70. The van der Waals surface area contributed by atoms with Crippen molar-refractivity contribution in [3.8, 4) is 0 Å². The number of fused-ring (bicyclic) bond motifs is 1. The van der Waals surface area contributed by atoms with E-state index in [4.69, 9.17) is 35.1 Å². The van der Waals surface area contributed by atoms with E-state index in [0.717, 1.165) is 6.42 Å². The van der Waals surface area contributed by atoms with Crippen LogP contribution in [0.25, 0.3) is 0 Å². The largest absolute Gasteiger partial charge is 0.510 e. The number of halogens is 1. The predicted octanol–water partition coefficient (Wildman–Crippen LogP) is 1.89. The molecule has 1 aromatic heterocycles. The zero-order chi connectivity index (χ0) is 26.3. The number of imidazole rings is 1. The third-order valence-corrected chi connectivity index (χ3v) is 6.97. The zero-order valence-corrected chi connectivity index (χ0v) is 21.9. The highest BCUT2D eigenvalue weighted by Gasteiger charge is 2.34. The summed E-state index contributed by atoms with van der Waals surface area (Å²) < 4.78 is 49.4. The Labute approximate surface area is 218 Å². The maximum Gasteiger partial charge on any atom is 0.510 e. The second kappa shape index (κ2) is 13.3. The lowest BCUT2D eigenvalue weighted by Gasteiger charge is -2.25. The van der Waals surface area contributed by atoms with Gasteiger partial charge in [-0.05, 0) is 30.9 Å². The third kappa shape index (κ3) is 8.09. The number of anilines is 1. The van der Waals surface area contributed by atoms with Crippen molar-refractivity contribution in [2.45, 2.75) is 43.8 Å². The normalized spacial score (nSPS) is 26.7. The van der Waals surface area contributed by atoms with Crippen molar-refractivity contribution in [2.75, 3.05) is 58.6 Å². The van der Waals surface area contributed by atoms with E-state index in [-0.39, 0.29) is 43.5 Å². The predicted molar refractivity (Wildman–Crippen MR) is 128 cm³/mol. The van der Waals surface area contributed by atoms with Crippen LogP contribution in [0.1, 0.15) is 37.4 Å². The molecule has 4 heterocycles. The molecule has 4 unspecified atom stereocenters. The number of carbonyl (C=O) groups is 1. The average molecular weight is 568 g/mol. The van der Waals surface area contributed by atoms with Crippen LogP contribution < -0.4 is 10.6 Å². The van der Waals surface area contributed by atoms with Gasteiger partial charge in [-0.2, -0.15) is 0 Å². The van der Waals surface area contributed by atoms with Gasteiger partial charge >= 0.3 is 13.8 Å². The van der Waals surface area contributed by atoms with Gasteiger partial charge in [-0.25, -0.2) is 14.8 Å². The first-order chi connectivity index (χ1) is 17.8. The molecule has 2 fully saturated rings. The summed E-state index contributed by atoms with van der Waals surface area (Å²) in [6, 6.07) is 0.173. The van der Waals surface area contributed by atoms with Crippen molar-refractivity contribution in [3.63, 3.8) is 0 Å². The van der Waals surface area contributed by atoms with Crippen LogP contribution in [-0.2, 0) is 37.5 Å². The van der Waals surface area contributed by atoms with Gasteiger partial charge in [0.25, 0.3) is 0 Å². The van der Waals surface area contributed by atoms with Gasteiger partial charge in [0.15, 0.2) is 5.29 Å². The number of aromatic nitrogens is 2. The molecule has 208 valence electrons. The van der Waals surface area contributed by atoms with Crippen molar-refractivity contribution in [1.82, 2.24) is 14.9 Å². The standard InChI is InChI=1S/C20H31ClN5O10P/c1-30-6-7-33-20(27)34-11-35-37(28,29)12-32-9-14-2-3-15(36-14)26-10-22-16-17(23-13-4-5-31-8-13)24-19(21)25-18(16)26/h10,13-15,17,23H,2-9,11-12H2,1H3,(H,24,25)(H,28,29)/t13-,14?,15?,17?/m0/s1. The van der Waals surface area contributed by atoms with E-state index in [2.05, 4.69) is 30.1 Å². The van der Waals surface area contributed by atoms with E-state index < -0.39 is 33.1 Å². The van der Waals surface area contributed by atoms with Crippen LogP contribution in [0.5, 0.6) is 0 Å². The highest BCUT2D eigenvalue weighted by molar-refractivity contribution is 7.52. The van der Waals surface area contributed by atoms with E-state index in [1.54, 1.807) is 6.33 Å². The Bertz CT molecular complexity index is 991. The maximum atomic E-state index is 12.1. The van der Waals surface area contributed by atoms with E-state index in [9.17, 15) is 14.3 Å². The molecular formula is C20H31ClN5O10P. The SMILES string of the molecule is COCCOC(=O)OCOP(=O)(O)COCC1CCC(n2cnc3c2NC(Cl)=NC3N[C@H]2CCOC2)O1. The second-order valence-corrected chi connectivity index (χ2v) is 10.6. The lowest BCUT2D eigenvalue weighted by atomic mass is 10.2. The molecule has 0 aliphatic carbocycles. The number of hydrogen-bond acceptors (Lipinski definition) is 13. The fourth-order valence-corrected chi connectivity index (χ4v) is 4.81. The maximum absolute atomic E-state index is 12.1. The summed E-state index contributed by atoms with van der Waals surface area (Å²) in [5.74, 6) is 0.692. The van der Waals surface area contributed by atoms with Gasteiger partial charge in [0.1, 0.15) is 36.9 Å². The van der Waals surface area contributed by atoms with Crippen LogP contribution in [0.15, 0.2) is 11.3 Å². The van der Waals surface area contributed by atoms with Gasteiger partial charge in [-0.3, -0.25) is 19.0 Å². The summed E-state index contributed by atoms with van der Waals surface area (Å²) in [5.41, 5.74) is 0.711. The molecule has 0 amide bonds. The smallest absolute Gasteiger partial charge is 0.432 e. The van der Waals surface area contributed by atoms with Crippen LogP contribution in [-0.4, -0.2) is 91.3 Å². The molecule has 3 aliphatic rings. The van der Waals surface area contributed by atoms with Crippen LogP contribution >= 0.6 is 19.2 Å². The van der Waals surface area contributed by atoms with Crippen LogP contribution in [0, 0.1) is 0 Å². The summed E-state index contributed by atoms with van der Waals surface area (Å²) in [6.07, 6.45) is 1.23. The van der Waals surface area contributed by atoms with E-state index in [1.807, 2.05) is 4.57 Å². The molecule has 3 N–H and O–H groups in total. The summed E-state index contributed by atoms with van der Waals surface area (Å²) >= 11 is 6.25. The number of ether oxygens (including phenoxy) is 6. The molecule has 0 bridgehead atoms. The fourth-order valence-electron chi connectivity index (χ4n) is 3.99. The Kier molecular flexibility index (Phi) is 10.1. The molecule has 1 aromatic rings. The summed E-state index contributed by atoms with van der Waals surface area (Å²) in [6.45, 7) is 0.824. The molecule has 0 aromatic carbocycles. The first-order valence-corrected chi connectivity index (χ1v) is 13.9. The first-order valence-electron chi connectivity index (χ1n) is 11.7. The Hall–Kier alpha value is -1.81. The molecule has 3 aliphatic heterocycles. The number of rotatable bonds is 13. The Morgan fingerprint density at radius 2 is 2.22 bits per heavy atom. The fraction of sp³-hybridized carbons (Fsp3) is 0.750.